The van der Waals surface area contributed by atoms with E-state index in [4.69, 9.17) is 16.0 Å². The van der Waals surface area contributed by atoms with Crippen LogP contribution in [0.25, 0.3) is 11.0 Å². The number of piperidine rings is 1. The Morgan fingerprint density at radius 2 is 1.82 bits per heavy atom. The first-order valence-corrected chi connectivity index (χ1v) is 17.0. The van der Waals surface area contributed by atoms with Crippen LogP contribution in [-0.2, 0) is 19.4 Å². The van der Waals surface area contributed by atoms with Gasteiger partial charge in [0.25, 0.3) is 5.91 Å². The zero-order chi connectivity index (χ0) is 31.2. The molecule has 9 heteroatoms. The number of rotatable bonds is 11. The number of benzene rings is 2. The molecular weight excluding hydrogens is 586 g/mol. The van der Waals surface area contributed by atoms with Crippen molar-refractivity contribution < 1.29 is 9.21 Å². The molecule has 2 fully saturated rings. The monoisotopic (exact) mass is 629 g/mol. The number of fused-ring (bicyclic) bond motifs is 1. The molecule has 0 bridgehead atoms. The largest absolute Gasteiger partial charge is 0.451 e. The van der Waals surface area contributed by atoms with E-state index in [1.54, 1.807) is 12.4 Å². The van der Waals surface area contributed by atoms with Crippen LogP contribution in [0, 0.1) is 11.3 Å². The van der Waals surface area contributed by atoms with Crippen molar-refractivity contribution in [2.24, 2.45) is 11.3 Å². The third-order valence-corrected chi connectivity index (χ3v) is 10.5. The van der Waals surface area contributed by atoms with Gasteiger partial charge >= 0.3 is 0 Å². The molecule has 45 heavy (non-hydrogen) atoms. The Hall–Kier alpha value is -3.49. The summed E-state index contributed by atoms with van der Waals surface area (Å²) in [4.78, 5) is 33.2. The minimum Gasteiger partial charge on any atom is -0.451 e. The van der Waals surface area contributed by atoms with Gasteiger partial charge in [0.15, 0.2) is 11.2 Å². The Labute approximate surface area is 270 Å². The van der Waals surface area contributed by atoms with Crippen molar-refractivity contribution >= 4 is 28.5 Å². The SMILES string of the molecule is CCc1ccc2oc(C(=O)N[C@H](CCN3CCC(Cn4cncn4)(C4CCCCC4)CC3)Cc3ccc(Cl)cc3)cc(=O)c2c1. The van der Waals surface area contributed by atoms with Crippen LogP contribution < -0.4 is 10.7 Å². The first-order chi connectivity index (χ1) is 21.9. The summed E-state index contributed by atoms with van der Waals surface area (Å²) in [5, 5.41) is 8.86. The van der Waals surface area contributed by atoms with E-state index in [0.29, 0.717) is 22.4 Å². The van der Waals surface area contributed by atoms with E-state index >= 15 is 0 Å². The quantitative estimate of drug-likeness (QED) is 0.199. The lowest BCUT2D eigenvalue weighted by molar-refractivity contribution is 0.0104. The van der Waals surface area contributed by atoms with Crippen molar-refractivity contribution in [2.45, 2.75) is 83.7 Å². The van der Waals surface area contributed by atoms with E-state index < -0.39 is 0 Å². The maximum atomic E-state index is 13.5. The number of likely N-dealkylation sites (tertiary alicyclic amines) is 1. The lowest BCUT2D eigenvalue weighted by atomic mass is 9.63. The summed E-state index contributed by atoms with van der Waals surface area (Å²) in [6.45, 7) is 5.93. The van der Waals surface area contributed by atoms with E-state index in [9.17, 15) is 9.59 Å². The van der Waals surface area contributed by atoms with Gasteiger partial charge in [-0.25, -0.2) is 4.98 Å². The number of nitrogens with zero attached hydrogens (tertiary/aromatic N) is 4. The molecule has 0 unspecified atom stereocenters. The Balaban J connectivity index is 1.14. The minimum atomic E-state index is -0.365. The number of carbonyl (C=O) groups is 1. The molecule has 1 amide bonds. The highest BCUT2D eigenvalue weighted by Gasteiger charge is 2.42. The van der Waals surface area contributed by atoms with Crippen molar-refractivity contribution in [2.75, 3.05) is 19.6 Å². The van der Waals surface area contributed by atoms with Crippen LogP contribution in [0.3, 0.4) is 0 Å². The zero-order valence-corrected chi connectivity index (χ0v) is 27.0. The first-order valence-electron chi connectivity index (χ1n) is 16.6. The highest BCUT2D eigenvalue weighted by molar-refractivity contribution is 6.30. The molecule has 0 radical (unpaired) electrons. The summed E-state index contributed by atoms with van der Waals surface area (Å²) >= 11 is 6.15. The molecule has 4 aromatic rings. The number of nitrogens with one attached hydrogen (secondary N) is 1. The fraction of sp³-hybridized carbons (Fsp3) is 0.500. The van der Waals surface area contributed by atoms with Gasteiger partial charge in [0.05, 0.1) is 5.39 Å². The van der Waals surface area contributed by atoms with E-state index in [1.165, 1.54) is 38.2 Å². The molecule has 1 N–H and O–H groups in total. The number of halogens is 1. The first kappa shape index (κ1) is 31.5. The fourth-order valence-corrected chi connectivity index (χ4v) is 7.66. The minimum absolute atomic E-state index is 0.0428. The molecule has 2 aromatic heterocycles. The van der Waals surface area contributed by atoms with E-state index in [2.05, 4.69) is 20.3 Å². The third kappa shape index (κ3) is 7.67. The second kappa shape index (κ2) is 14.3. The number of aryl methyl sites for hydroxylation is 1. The molecule has 1 atom stereocenters. The van der Waals surface area contributed by atoms with Crippen LogP contribution in [0.2, 0.25) is 5.02 Å². The van der Waals surface area contributed by atoms with Crippen LogP contribution in [0.5, 0.6) is 0 Å². The molecule has 1 saturated heterocycles. The number of hydrogen-bond donors (Lipinski definition) is 1. The lowest BCUT2D eigenvalue weighted by Crippen LogP contribution is -2.48. The van der Waals surface area contributed by atoms with E-state index in [-0.39, 0.29) is 28.6 Å². The number of aromatic nitrogens is 3. The standard InChI is InChI=1S/C36H44ClN5O3/c1-2-26-10-13-33-31(21-26)32(43)22-34(45-33)35(44)40-30(20-27-8-11-29(37)12-9-27)14-17-41-18-15-36(16-19-41,23-42-25-38-24-39-42)28-6-4-3-5-7-28/h8-13,21-22,24-25,28,30H,2-7,14-20,23H2,1H3,(H,40,44)/t30-/m1/s1. The highest BCUT2D eigenvalue weighted by Crippen LogP contribution is 2.47. The second-order valence-corrected chi connectivity index (χ2v) is 13.5. The lowest BCUT2D eigenvalue weighted by Gasteiger charge is -2.48. The molecule has 3 heterocycles. The van der Waals surface area contributed by atoms with Crippen molar-refractivity contribution in [3.8, 4) is 0 Å². The molecule has 1 aliphatic carbocycles. The maximum Gasteiger partial charge on any atom is 0.287 e. The second-order valence-electron chi connectivity index (χ2n) is 13.1. The number of carbonyl (C=O) groups excluding carboxylic acids is 1. The number of hydrogen-bond acceptors (Lipinski definition) is 6. The molecule has 0 spiro atoms. The van der Waals surface area contributed by atoms with Crippen molar-refractivity contribution in [1.82, 2.24) is 25.0 Å². The van der Waals surface area contributed by atoms with Crippen molar-refractivity contribution in [3.05, 3.63) is 93.3 Å². The van der Waals surface area contributed by atoms with Crippen LogP contribution in [0.1, 0.15) is 80.0 Å². The summed E-state index contributed by atoms with van der Waals surface area (Å²) < 4.78 is 7.97. The van der Waals surface area contributed by atoms with E-state index in [0.717, 1.165) is 68.9 Å². The van der Waals surface area contributed by atoms with Gasteiger partial charge in [-0.15, -0.1) is 0 Å². The predicted octanol–water partition coefficient (Wildman–Crippen LogP) is 6.69. The molecular formula is C36H44ClN5O3. The average molecular weight is 630 g/mol. The molecule has 1 saturated carbocycles. The molecule has 8 nitrogen and oxygen atoms in total. The van der Waals surface area contributed by atoms with Gasteiger partial charge in [-0.3, -0.25) is 14.3 Å². The predicted molar refractivity (Wildman–Crippen MR) is 178 cm³/mol. The van der Waals surface area contributed by atoms with Crippen LogP contribution in [-0.4, -0.2) is 51.2 Å². The maximum absolute atomic E-state index is 13.5. The van der Waals surface area contributed by atoms with Gasteiger partial charge < -0.3 is 14.6 Å². The summed E-state index contributed by atoms with van der Waals surface area (Å²) in [5.41, 5.74) is 2.64. The van der Waals surface area contributed by atoms with Crippen molar-refractivity contribution in [1.29, 1.82) is 0 Å². The number of amides is 1. The summed E-state index contributed by atoms with van der Waals surface area (Å²) in [5.74, 6) is 0.413. The van der Waals surface area contributed by atoms with E-state index in [1.807, 2.05) is 54.3 Å². The Morgan fingerprint density at radius 3 is 2.53 bits per heavy atom. The zero-order valence-electron chi connectivity index (χ0n) is 26.2. The summed E-state index contributed by atoms with van der Waals surface area (Å²) in [7, 11) is 0. The smallest absolute Gasteiger partial charge is 0.287 e. The third-order valence-electron chi connectivity index (χ3n) is 10.2. The van der Waals surface area contributed by atoms with Crippen LogP contribution in [0.15, 0.2) is 70.4 Å². The topological polar surface area (TPSA) is 93.3 Å². The Bertz CT molecular complexity index is 1620. The normalized spacial score (nSPS) is 18.2. The highest BCUT2D eigenvalue weighted by atomic mass is 35.5. The summed E-state index contributed by atoms with van der Waals surface area (Å²) in [6, 6.07) is 14.5. The molecule has 2 aromatic carbocycles. The molecule has 1 aliphatic heterocycles. The van der Waals surface area contributed by atoms with Gasteiger partial charge in [-0.05, 0) is 105 Å². The van der Waals surface area contributed by atoms with Gasteiger partial charge in [0.1, 0.15) is 18.2 Å². The van der Waals surface area contributed by atoms with Gasteiger partial charge in [0.2, 0.25) is 0 Å². The van der Waals surface area contributed by atoms with Crippen LogP contribution in [0.4, 0.5) is 0 Å². The van der Waals surface area contributed by atoms with Gasteiger partial charge in [0, 0.05) is 30.2 Å². The van der Waals surface area contributed by atoms with Crippen LogP contribution >= 0.6 is 11.6 Å². The van der Waals surface area contributed by atoms with Crippen molar-refractivity contribution in [3.63, 3.8) is 0 Å². The molecule has 6 rings (SSSR count). The Morgan fingerprint density at radius 1 is 1.07 bits per heavy atom. The fourth-order valence-electron chi connectivity index (χ4n) is 7.53. The Kier molecular flexibility index (Phi) is 10.0. The average Bonchev–Trinajstić information content (AvgIpc) is 3.58. The molecule has 238 valence electrons. The van der Waals surface area contributed by atoms with Gasteiger partial charge in [-0.1, -0.05) is 56.0 Å². The van der Waals surface area contributed by atoms with Gasteiger partial charge in [-0.2, -0.15) is 5.10 Å². The summed E-state index contributed by atoms with van der Waals surface area (Å²) in [6.07, 6.45) is 14.7. The molecule has 2 aliphatic rings.